The minimum atomic E-state index is -0.0129. The molecule has 0 saturated carbocycles. The number of methoxy groups -OCH3 is 1. The summed E-state index contributed by atoms with van der Waals surface area (Å²) in [6.45, 7) is 3.48. The topological polar surface area (TPSA) is 67.3 Å². The van der Waals surface area contributed by atoms with Crippen LogP contribution in [0.25, 0.3) is 0 Å². The summed E-state index contributed by atoms with van der Waals surface area (Å²) in [5.41, 5.74) is 2.02. The van der Waals surface area contributed by atoms with Gasteiger partial charge in [-0.2, -0.15) is 0 Å². The minimum absolute atomic E-state index is 0.0129. The van der Waals surface area contributed by atoms with Crippen molar-refractivity contribution in [1.29, 1.82) is 0 Å². The first kappa shape index (κ1) is 17.2. The van der Waals surface area contributed by atoms with Gasteiger partial charge in [-0.3, -0.25) is 4.79 Å². The van der Waals surface area contributed by atoms with E-state index in [1.165, 1.54) is 12.8 Å². The van der Waals surface area contributed by atoms with Crippen molar-refractivity contribution in [2.75, 3.05) is 25.5 Å². The smallest absolute Gasteiger partial charge is 0.272 e. The molecule has 6 nitrogen and oxygen atoms in total. The Morgan fingerprint density at radius 3 is 2.60 bits per heavy atom. The van der Waals surface area contributed by atoms with Crippen LogP contribution >= 0.6 is 0 Å². The van der Waals surface area contributed by atoms with Crippen LogP contribution < -0.4 is 10.1 Å². The maximum atomic E-state index is 12.8. The molecule has 1 aromatic carbocycles. The fourth-order valence-corrected chi connectivity index (χ4v) is 3.00. The van der Waals surface area contributed by atoms with Gasteiger partial charge in [-0.15, -0.1) is 0 Å². The zero-order chi connectivity index (χ0) is 17.6. The molecule has 2 heterocycles. The number of aryl methyl sites for hydroxylation is 1. The van der Waals surface area contributed by atoms with E-state index in [1.807, 2.05) is 36.1 Å². The number of hydrogen-bond donors (Lipinski definition) is 1. The van der Waals surface area contributed by atoms with Crippen LogP contribution in [0.3, 0.4) is 0 Å². The fourth-order valence-electron chi connectivity index (χ4n) is 3.00. The molecular formula is C19H24N4O2. The highest BCUT2D eigenvalue weighted by Crippen LogP contribution is 2.20. The van der Waals surface area contributed by atoms with Gasteiger partial charge < -0.3 is 15.0 Å². The van der Waals surface area contributed by atoms with Gasteiger partial charge in [0.15, 0.2) is 0 Å². The number of carbonyl (C=O) groups is 1. The minimum Gasteiger partial charge on any atom is -0.497 e. The molecular weight excluding hydrogens is 316 g/mol. The summed E-state index contributed by atoms with van der Waals surface area (Å²) in [5.74, 6) is 1.16. The highest BCUT2D eigenvalue weighted by Gasteiger charge is 2.19. The Labute approximate surface area is 148 Å². The van der Waals surface area contributed by atoms with Crippen LogP contribution in [0, 0.1) is 6.92 Å². The van der Waals surface area contributed by atoms with Gasteiger partial charge in [-0.1, -0.05) is 18.9 Å². The van der Waals surface area contributed by atoms with Gasteiger partial charge >= 0.3 is 0 Å². The second-order valence-corrected chi connectivity index (χ2v) is 6.28. The SMILES string of the molecule is COc1cccc(Nc2nc(C)cc(C(=O)N3CCCCCC3)n2)c1. The van der Waals surface area contributed by atoms with Crippen molar-refractivity contribution in [3.05, 3.63) is 41.7 Å². The molecule has 1 amide bonds. The molecule has 1 N–H and O–H groups in total. The first-order valence-corrected chi connectivity index (χ1v) is 8.72. The molecule has 1 aromatic heterocycles. The third-order valence-corrected chi connectivity index (χ3v) is 4.29. The normalized spacial score (nSPS) is 14.7. The number of aromatic nitrogens is 2. The third-order valence-electron chi connectivity index (χ3n) is 4.29. The molecule has 0 bridgehead atoms. The van der Waals surface area contributed by atoms with Crippen molar-refractivity contribution < 1.29 is 9.53 Å². The fraction of sp³-hybridized carbons (Fsp3) is 0.421. The highest BCUT2D eigenvalue weighted by molar-refractivity contribution is 5.92. The lowest BCUT2D eigenvalue weighted by Gasteiger charge is -2.20. The molecule has 0 radical (unpaired) electrons. The van der Waals surface area contributed by atoms with E-state index in [0.717, 1.165) is 43.1 Å². The van der Waals surface area contributed by atoms with Gasteiger partial charge in [0, 0.05) is 30.5 Å². The van der Waals surface area contributed by atoms with E-state index >= 15 is 0 Å². The van der Waals surface area contributed by atoms with E-state index in [2.05, 4.69) is 15.3 Å². The lowest BCUT2D eigenvalue weighted by atomic mass is 10.2. The van der Waals surface area contributed by atoms with Crippen molar-refractivity contribution >= 4 is 17.5 Å². The molecule has 1 fully saturated rings. The largest absolute Gasteiger partial charge is 0.497 e. The number of amides is 1. The van der Waals surface area contributed by atoms with Crippen molar-refractivity contribution in [1.82, 2.24) is 14.9 Å². The molecule has 0 spiro atoms. The van der Waals surface area contributed by atoms with Crippen molar-refractivity contribution in [2.24, 2.45) is 0 Å². The van der Waals surface area contributed by atoms with Gasteiger partial charge in [0.05, 0.1) is 7.11 Å². The Bertz CT molecular complexity index is 740. The number of carbonyl (C=O) groups excluding carboxylic acids is 1. The molecule has 132 valence electrons. The van der Waals surface area contributed by atoms with E-state index in [1.54, 1.807) is 13.2 Å². The first-order chi connectivity index (χ1) is 12.2. The van der Waals surface area contributed by atoms with E-state index in [0.29, 0.717) is 11.6 Å². The molecule has 1 aliphatic rings. The number of benzene rings is 1. The summed E-state index contributed by atoms with van der Waals surface area (Å²) in [5, 5.41) is 3.16. The standard InChI is InChI=1S/C19H24N4O2/c1-14-12-17(18(24)23-10-5-3-4-6-11-23)22-19(20-14)21-15-8-7-9-16(13-15)25-2/h7-9,12-13H,3-6,10-11H2,1-2H3,(H,20,21,22). The number of hydrogen-bond acceptors (Lipinski definition) is 5. The quantitative estimate of drug-likeness (QED) is 0.922. The Balaban J connectivity index is 1.80. The Hall–Kier alpha value is -2.63. The van der Waals surface area contributed by atoms with Crippen LogP contribution in [0.4, 0.5) is 11.6 Å². The Morgan fingerprint density at radius 2 is 1.88 bits per heavy atom. The second kappa shape index (κ2) is 7.96. The third kappa shape index (κ3) is 4.47. The average Bonchev–Trinajstić information content (AvgIpc) is 2.90. The van der Waals surface area contributed by atoms with Crippen molar-refractivity contribution in [2.45, 2.75) is 32.6 Å². The van der Waals surface area contributed by atoms with Crippen LogP contribution in [0.1, 0.15) is 41.9 Å². The number of nitrogens with zero attached hydrogens (tertiary/aromatic N) is 3. The number of anilines is 2. The Morgan fingerprint density at radius 1 is 1.12 bits per heavy atom. The zero-order valence-corrected chi connectivity index (χ0v) is 14.8. The molecule has 0 unspecified atom stereocenters. The molecule has 0 atom stereocenters. The van der Waals surface area contributed by atoms with E-state index < -0.39 is 0 Å². The van der Waals surface area contributed by atoms with Crippen LogP contribution in [-0.2, 0) is 0 Å². The summed E-state index contributed by atoms with van der Waals surface area (Å²) in [6.07, 6.45) is 4.50. The molecule has 1 aliphatic heterocycles. The van der Waals surface area contributed by atoms with Gasteiger partial charge in [-0.05, 0) is 38.0 Å². The highest BCUT2D eigenvalue weighted by atomic mass is 16.5. The average molecular weight is 340 g/mol. The second-order valence-electron chi connectivity index (χ2n) is 6.28. The predicted molar refractivity (Wildman–Crippen MR) is 97.4 cm³/mol. The van der Waals surface area contributed by atoms with E-state index in [-0.39, 0.29) is 5.91 Å². The summed E-state index contributed by atoms with van der Waals surface area (Å²) < 4.78 is 5.23. The predicted octanol–water partition coefficient (Wildman–Crippen LogP) is 3.55. The molecule has 1 saturated heterocycles. The molecule has 3 rings (SSSR count). The van der Waals surface area contributed by atoms with Gasteiger partial charge in [0.2, 0.25) is 5.95 Å². The number of likely N-dealkylation sites (tertiary alicyclic amines) is 1. The maximum absolute atomic E-state index is 12.8. The molecule has 25 heavy (non-hydrogen) atoms. The van der Waals surface area contributed by atoms with Crippen LogP contribution in [0.5, 0.6) is 5.75 Å². The number of nitrogens with one attached hydrogen (secondary N) is 1. The lowest BCUT2D eigenvalue weighted by molar-refractivity contribution is 0.0755. The van der Waals surface area contributed by atoms with Gasteiger partial charge in [-0.25, -0.2) is 9.97 Å². The number of ether oxygens (including phenoxy) is 1. The van der Waals surface area contributed by atoms with Crippen LogP contribution in [-0.4, -0.2) is 41.0 Å². The van der Waals surface area contributed by atoms with Crippen LogP contribution in [0.15, 0.2) is 30.3 Å². The lowest BCUT2D eigenvalue weighted by Crippen LogP contribution is -2.32. The van der Waals surface area contributed by atoms with Gasteiger partial charge in [0.25, 0.3) is 5.91 Å². The van der Waals surface area contributed by atoms with Gasteiger partial charge in [0.1, 0.15) is 11.4 Å². The summed E-state index contributed by atoms with van der Waals surface area (Å²) in [7, 11) is 1.63. The molecule has 6 heteroatoms. The Kier molecular flexibility index (Phi) is 5.48. The zero-order valence-electron chi connectivity index (χ0n) is 14.8. The van der Waals surface area contributed by atoms with E-state index in [4.69, 9.17) is 4.74 Å². The molecule has 2 aromatic rings. The van der Waals surface area contributed by atoms with E-state index in [9.17, 15) is 4.79 Å². The number of rotatable bonds is 4. The first-order valence-electron chi connectivity index (χ1n) is 8.72. The summed E-state index contributed by atoms with van der Waals surface area (Å²) in [6, 6.07) is 9.29. The van der Waals surface area contributed by atoms with Crippen LogP contribution in [0.2, 0.25) is 0 Å². The summed E-state index contributed by atoms with van der Waals surface area (Å²) >= 11 is 0. The van der Waals surface area contributed by atoms with Crippen molar-refractivity contribution in [3.8, 4) is 5.75 Å². The summed E-state index contributed by atoms with van der Waals surface area (Å²) in [4.78, 5) is 23.5. The maximum Gasteiger partial charge on any atom is 0.272 e. The monoisotopic (exact) mass is 340 g/mol. The molecule has 0 aliphatic carbocycles. The van der Waals surface area contributed by atoms with Crippen molar-refractivity contribution in [3.63, 3.8) is 0 Å².